The highest BCUT2D eigenvalue weighted by atomic mass is 32.1. The van der Waals surface area contributed by atoms with Gasteiger partial charge in [0.15, 0.2) is 5.13 Å². The smallest absolute Gasteiger partial charge is 0.185 e. The second-order valence-electron chi connectivity index (χ2n) is 11.0. The summed E-state index contributed by atoms with van der Waals surface area (Å²) in [7, 11) is 0. The van der Waals surface area contributed by atoms with Crippen LogP contribution in [-0.2, 0) is 11.8 Å². The number of anilines is 1. The first-order valence-corrected chi connectivity index (χ1v) is 14.4. The molecule has 0 unspecified atom stereocenters. The first kappa shape index (κ1) is 24.7. The van der Waals surface area contributed by atoms with Crippen molar-refractivity contribution < 1.29 is 0 Å². The van der Waals surface area contributed by atoms with Crippen molar-refractivity contribution in [1.82, 2.24) is 9.88 Å². The molecule has 1 aromatic carbocycles. The van der Waals surface area contributed by atoms with Crippen molar-refractivity contribution >= 4 is 16.5 Å². The predicted molar refractivity (Wildman–Crippen MR) is 145 cm³/mol. The van der Waals surface area contributed by atoms with Crippen molar-refractivity contribution in [3.63, 3.8) is 0 Å². The molecule has 0 atom stereocenters. The molecule has 4 heteroatoms. The zero-order valence-corrected chi connectivity index (χ0v) is 22.4. The van der Waals surface area contributed by atoms with Gasteiger partial charge in [-0.15, -0.1) is 11.3 Å². The van der Waals surface area contributed by atoms with Gasteiger partial charge in [0.1, 0.15) is 0 Å². The Hall–Kier alpha value is -1.39. The SMILES string of the molecule is CCCCC(C)(C)c1ccc(-c2csc(N3CCC(CCN4CCCC4)CC3)n2)cc1CC. The summed E-state index contributed by atoms with van der Waals surface area (Å²) in [4.78, 5) is 10.3. The van der Waals surface area contributed by atoms with Crippen LogP contribution in [0.3, 0.4) is 0 Å². The number of unbranched alkanes of at least 4 members (excludes halogenated alkanes) is 1. The summed E-state index contributed by atoms with van der Waals surface area (Å²) >= 11 is 1.83. The van der Waals surface area contributed by atoms with Gasteiger partial charge in [-0.1, -0.05) is 52.7 Å². The van der Waals surface area contributed by atoms with E-state index in [0.717, 1.165) is 18.0 Å². The Kier molecular flexibility index (Phi) is 8.51. The standard InChI is InChI=1S/C29H45N3S/c1-5-7-15-29(3,4)26-11-10-25(21-24(26)6-2)27-22-33-28(30-27)32-19-13-23(14-20-32)12-18-31-16-8-9-17-31/h10-11,21-23H,5-9,12-20H2,1-4H3. The van der Waals surface area contributed by atoms with E-state index in [1.807, 2.05) is 11.3 Å². The topological polar surface area (TPSA) is 19.4 Å². The maximum absolute atomic E-state index is 5.09. The van der Waals surface area contributed by atoms with Gasteiger partial charge in [-0.3, -0.25) is 0 Å². The number of piperidine rings is 1. The van der Waals surface area contributed by atoms with Crippen molar-refractivity contribution in [2.24, 2.45) is 5.92 Å². The Morgan fingerprint density at radius 3 is 2.52 bits per heavy atom. The van der Waals surface area contributed by atoms with Gasteiger partial charge in [-0.25, -0.2) is 4.98 Å². The first-order chi connectivity index (χ1) is 16.0. The molecule has 0 radical (unpaired) electrons. The van der Waals surface area contributed by atoms with Crippen molar-refractivity contribution in [2.45, 2.75) is 90.9 Å². The van der Waals surface area contributed by atoms with Crippen LogP contribution >= 0.6 is 11.3 Å². The Balaban J connectivity index is 1.37. The molecule has 0 bridgehead atoms. The van der Waals surface area contributed by atoms with Gasteiger partial charge in [-0.2, -0.15) is 0 Å². The van der Waals surface area contributed by atoms with Gasteiger partial charge in [0.05, 0.1) is 5.69 Å². The summed E-state index contributed by atoms with van der Waals surface area (Å²) in [5, 5.41) is 3.49. The van der Waals surface area contributed by atoms with E-state index in [-0.39, 0.29) is 5.41 Å². The molecule has 33 heavy (non-hydrogen) atoms. The minimum absolute atomic E-state index is 0.242. The van der Waals surface area contributed by atoms with Crippen molar-refractivity contribution in [2.75, 3.05) is 37.6 Å². The molecule has 3 nitrogen and oxygen atoms in total. The van der Waals surface area contributed by atoms with Crippen LogP contribution in [0.1, 0.15) is 90.2 Å². The summed E-state index contributed by atoms with van der Waals surface area (Å²) in [5.41, 5.74) is 5.69. The van der Waals surface area contributed by atoms with E-state index in [4.69, 9.17) is 4.98 Å². The third kappa shape index (κ3) is 6.19. The summed E-state index contributed by atoms with van der Waals surface area (Å²) < 4.78 is 0. The van der Waals surface area contributed by atoms with E-state index >= 15 is 0 Å². The van der Waals surface area contributed by atoms with E-state index in [0.29, 0.717) is 0 Å². The Labute approximate surface area is 206 Å². The van der Waals surface area contributed by atoms with Crippen LogP contribution in [0.15, 0.2) is 23.6 Å². The molecular formula is C29H45N3S. The van der Waals surface area contributed by atoms with Crippen LogP contribution in [0.4, 0.5) is 5.13 Å². The summed E-state index contributed by atoms with van der Waals surface area (Å²) in [6.07, 6.45) is 11.7. The monoisotopic (exact) mass is 467 g/mol. The van der Waals surface area contributed by atoms with E-state index in [2.05, 4.69) is 61.1 Å². The van der Waals surface area contributed by atoms with Crippen LogP contribution in [0, 0.1) is 5.92 Å². The third-order valence-corrected chi connectivity index (χ3v) is 9.00. The van der Waals surface area contributed by atoms with Crippen LogP contribution < -0.4 is 4.90 Å². The minimum Gasteiger partial charge on any atom is -0.348 e. The number of rotatable bonds is 10. The van der Waals surface area contributed by atoms with Crippen molar-refractivity contribution in [3.8, 4) is 11.3 Å². The molecule has 0 N–H and O–H groups in total. The number of benzene rings is 1. The molecule has 3 heterocycles. The molecular weight excluding hydrogens is 422 g/mol. The fourth-order valence-electron chi connectivity index (χ4n) is 5.79. The molecule has 0 saturated carbocycles. The average molecular weight is 468 g/mol. The van der Waals surface area contributed by atoms with E-state index in [1.165, 1.54) is 106 Å². The highest BCUT2D eigenvalue weighted by Crippen LogP contribution is 2.36. The Morgan fingerprint density at radius 2 is 1.82 bits per heavy atom. The van der Waals surface area contributed by atoms with E-state index in [9.17, 15) is 0 Å². The zero-order valence-electron chi connectivity index (χ0n) is 21.5. The fourth-order valence-corrected chi connectivity index (χ4v) is 6.67. The van der Waals surface area contributed by atoms with Crippen molar-refractivity contribution in [3.05, 3.63) is 34.7 Å². The largest absolute Gasteiger partial charge is 0.348 e. The van der Waals surface area contributed by atoms with Crippen LogP contribution in [0.2, 0.25) is 0 Å². The molecule has 0 amide bonds. The maximum Gasteiger partial charge on any atom is 0.185 e. The lowest BCUT2D eigenvalue weighted by Crippen LogP contribution is -2.34. The van der Waals surface area contributed by atoms with Gasteiger partial charge < -0.3 is 9.80 Å². The summed E-state index contributed by atoms with van der Waals surface area (Å²) in [6.45, 7) is 15.7. The molecule has 0 aliphatic carbocycles. The number of aromatic nitrogens is 1. The van der Waals surface area contributed by atoms with Gasteiger partial charge >= 0.3 is 0 Å². The fraction of sp³-hybridized carbons (Fsp3) is 0.690. The van der Waals surface area contributed by atoms with Crippen LogP contribution in [-0.4, -0.2) is 42.6 Å². The quantitative estimate of drug-likeness (QED) is 0.360. The molecule has 0 spiro atoms. The highest BCUT2D eigenvalue weighted by Gasteiger charge is 2.25. The highest BCUT2D eigenvalue weighted by molar-refractivity contribution is 7.14. The zero-order chi connectivity index (χ0) is 23.3. The van der Waals surface area contributed by atoms with Crippen LogP contribution in [0.5, 0.6) is 0 Å². The number of hydrogen-bond acceptors (Lipinski definition) is 4. The van der Waals surface area contributed by atoms with Gasteiger partial charge in [0.2, 0.25) is 0 Å². The number of thiazole rings is 1. The predicted octanol–water partition coefficient (Wildman–Crippen LogP) is 7.54. The number of hydrogen-bond donors (Lipinski definition) is 0. The van der Waals surface area contributed by atoms with Gasteiger partial charge in [0, 0.05) is 24.0 Å². The molecule has 2 fully saturated rings. The van der Waals surface area contributed by atoms with Gasteiger partial charge in [0.25, 0.3) is 0 Å². The summed E-state index contributed by atoms with van der Waals surface area (Å²) in [5.74, 6) is 0.900. The maximum atomic E-state index is 5.09. The van der Waals surface area contributed by atoms with Crippen LogP contribution in [0.25, 0.3) is 11.3 Å². The average Bonchev–Trinajstić information content (AvgIpc) is 3.54. The normalized spacial score (nSPS) is 18.4. The van der Waals surface area contributed by atoms with Crippen molar-refractivity contribution in [1.29, 1.82) is 0 Å². The number of likely N-dealkylation sites (tertiary alicyclic amines) is 1. The Bertz CT molecular complexity index is 873. The minimum atomic E-state index is 0.242. The lowest BCUT2D eigenvalue weighted by atomic mass is 9.77. The van der Waals surface area contributed by atoms with E-state index in [1.54, 1.807) is 0 Å². The van der Waals surface area contributed by atoms with Gasteiger partial charge in [-0.05, 0) is 93.1 Å². The molecule has 2 aliphatic heterocycles. The first-order valence-electron chi connectivity index (χ1n) is 13.6. The Morgan fingerprint density at radius 1 is 1.06 bits per heavy atom. The molecule has 2 aromatic rings. The second-order valence-corrected chi connectivity index (χ2v) is 11.8. The molecule has 2 saturated heterocycles. The summed E-state index contributed by atoms with van der Waals surface area (Å²) in [6, 6.07) is 7.10. The number of aryl methyl sites for hydroxylation is 1. The second kappa shape index (κ2) is 11.4. The molecule has 2 aliphatic rings. The lowest BCUT2D eigenvalue weighted by molar-refractivity contribution is 0.280. The third-order valence-electron chi connectivity index (χ3n) is 8.10. The molecule has 4 rings (SSSR count). The number of nitrogens with zero attached hydrogens (tertiary/aromatic N) is 3. The molecule has 1 aromatic heterocycles. The van der Waals surface area contributed by atoms with E-state index < -0.39 is 0 Å². The lowest BCUT2D eigenvalue weighted by Gasteiger charge is -2.32. The molecule has 182 valence electrons.